The Labute approximate surface area is 116 Å². The maximum Gasteiger partial charge on any atom is 0.142 e. The Morgan fingerprint density at radius 3 is 2.74 bits per heavy atom. The molecule has 1 heterocycles. The van der Waals surface area contributed by atoms with Gasteiger partial charge < -0.3 is 5.11 Å². The molecule has 1 unspecified atom stereocenters. The van der Waals surface area contributed by atoms with Crippen molar-refractivity contribution in [3.8, 4) is 0 Å². The van der Waals surface area contributed by atoms with Crippen LogP contribution in [0.4, 0.5) is 4.39 Å². The van der Waals surface area contributed by atoms with Gasteiger partial charge in [0.25, 0.3) is 0 Å². The molecular weight excluding hydrogens is 267 g/mol. The van der Waals surface area contributed by atoms with Crippen LogP contribution in [0, 0.1) is 5.82 Å². The lowest BCUT2D eigenvalue weighted by atomic mass is 10.0. The van der Waals surface area contributed by atoms with Gasteiger partial charge in [0.05, 0.1) is 16.8 Å². The lowest BCUT2D eigenvalue weighted by molar-refractivity contribution is 0.175. The third-order valence-electron chi connectivity index (χ3n) is 3.12. The Balaban J connectivity index is 2.17. The van der Waals surface area contributed by atoms with Crippen molar-refractivity contribution < 1.29 is 9.50 Å². The van der Waals surface area contributed by atoms with Crippen molar-refractivity contribution in [3.05, 3.63) is 52.1 Å². The summed E-state index contributed by atoms with van der Waals surface area (Å²) in [5, 5.41) is 14.5. The summed E-state index contributed by atoms with van der Waals surface area (Å²) in [6.45, 7) is 2.02. The van der Waals surface area contributed by atoms with E-state index in [0.29, 0.717) is 12.0 Å². The molecule has 1 atom stereocenters. The van der Waals surface area contributed by atoms with Gasteiger partial charge in [-0.3, -0.25) is 4.68 Å². The molecule has 2 aromatic rings. The maximum absolute atomic E-state index is 13.4. The molecule has 0 aliphatic carbocycles. The Bertz CT molecular complexity index is 583. The molecule has 0 spiro atoms. The highest BCUT2D eigenvalue weighted by atomic mass is 35.5. The highest BCUT2D eigenvalue weighted by Gasteiger charge is 2.14. The van der Waals surface area contributed by atoms with E-state index in [2.05, 4.69) is 5.10 Å². The third kappa shape index (κ3) is 3.14. The number of aryl methyl sites for hydroxylation is 2. The average Bonchev–Trinajstić information content (AvgIpc) is 2.73. The van der Waals surface area contributed by atoms with Crippen LogP contribution in [0.1, 0.15) is 30.0 Å². The molecule has 102 valence electrons. The van der Waals surface area contributed by atoms with Crippen LogP contribution in [0.25, 0.3) is 0 Å². The predicted molar refractivity (Wildman–Crippen MR) is 72.7 cm³/mol. The summed E-state index contributed by atoms with van der Waals surface area (Å²) in [7, 11) is 1.84. The quantitative estimate of drug-likeness (QED) is 0.936. The Kier molecular flexibility index (Phi) is 4.22. The molecule has 0 radical (unpaired) electrons. The highest BCUT2D eigenvalue weighted by Crippen LogP contribution is 2.23. The molecule has 5 heteroatoms. The summed E-state index contributed by atoms with van der Waals surface area (Å²) in [4.78, 5) is 0. The van der Waals surface area contributed by atoms with Crippen LogP contribution in [0.2, 0.25) is 5.02 Å². The second kappa shape index (κ2) is 5.72. The Hall–Kier alpha value is -1.39. The third-order valence-corrected chi connectivity index (χ3v) is 3.43. The summed E-state index contributed by atoms with van der Waals surface area (Å²) in [5.41, 5.74) is 2.41. The standard InChI is InChI=1S/C14H16ClFN2O/c1-3-10-7-11(18(2)17-10)8-14(19)9-4-5-12(15)13(16)6-9/h4-7,14,19H,3,8H2,1-2H3. The molecule has 0 saturated heterocycles. The van der Waals surface area contributed by atoms with E-state index in [1.54, 1.807) is 10.7 Å². The largest absolute Gasteiger partial charge is 0.388 e. The van der Waals surface area contributed by atoms with Crippen LogP contribution in [0.3, 0.4) is 0 Å². The molecule has 0 aliphatic heterocycles. The minimum atomic E-state index is -0.771. The lowest BCUT2D eigenvalue weighted by Crippen LogP contribution is -2.06. The van der Waals surface area contributed by atoms with Crippen molar-refractivity contribution in [2.75, 3.05) is 0 Å². The first kappa shape index (κ1) is 14.0. The average molecular weight is 283 g/mol. The van der Waals surface area contributed by atoms with E-state index in [-0.39, 0.29) is 5.02 Å². The SMILES string of the molecule is CCc1cc(CC(O)c2ccc(Cl)c(F)c2)n(C)n1. The topological polar surface area (TPSA) is 38.0 Å². The molecule has 1 N–H and O–H groups in total. The fraction of sp³-hybridized carbons (Fsp3) is 0.357. The fourth-order valence-corrected chi connectivity index (χ4v) is 2.09. The van der Waals surface area contributed by atoms with E-state index >= 15 is 0 Å². The van der Waals surface area contributed by atoms with Crippen LogP contribution in [0.5, 0.6) is 0 Å². The smallest absolute Gasteiger partial charge is 0.142 e. The number of hydrogen-bond donors (Lipinski definition) is 1. The minimum Gasteiger partial charge on any atom is -0.388 e. The fourth-order valence-electron chi connectivity index (χ4n) is 1.97. The summed E-state index contributed by atoms with van der Waals surface area (Å²) in [6, 6.07) is 6.31. The molecule has 1 aromatic carbocycles. The molecule has 0 saturated carbocycles. The zero-order chi connectivity index (χ0) is 14.0. The van der Waals surface area contributed by atoms with Crippen molar-refractivity contribution in [2.24, 2.45) is 7.05 Å². The molecule has 0 bridgehead atoms. The molecule has 0 fully saturated rings. The van der Waals surface area contributed by atoms with E-state index in [4.69, 9.17) is 11.6 Å². The number of nitrogens with zero attached hydrogens (tertiary/aromatic N) is 2. The van der Waals surface area contributed by atoms with Crippen LogP contribution < -0.4 is 0 Å². The number of aliphatic hydroxyl groups excluding tert-OH is 1. The Morgan fingerprint density at radius 1 is 1.42 bits per heavy atom. The van der Waals surface area contributed by atoms with Crippen LogP contribution in [-0.2, 0) is 19.9 Å². The van der Waals surface area contributed by atoms with Crippen molar-refractivity contribution in [3.63, 3.8) is 0 Å². The molecule has 2 rings (SSSR count). The molecule has 0 aliphatic rings. The van der Waals surface area contributed by atoms with E-state index in [9.17, 15) is 9.50 Å². The van der Waals surface area contributed by atoms with Gasteiger partial charge in [0.1, 0.15) is 5.82 Å². The summed E-state index contributed by atoms with van der Waals surface area (Å²) in [6.07, 6.45) is 0.469. The second-order valence-electron chi connectivity index (χ2n) is 4.50. The first-order valence-electron chi connectivity index (χ1n) is 6.16. The zero-order valence-corrected chi connectivity index (χ0v) is 11.7. The van der Waals surface area contributed by atoms with E-state index < -0.39 is 11.9 Å². The number of aromatic nitrogens is 2. The van der Waals surface area contributed by atoms with Crippen molar-refractivity contribution in [2.45, 2.75) is 25.9 Å². The minimum absolute atomic E-state index is 0.0600. The predicted octanol–water partition coefficient (Wildman–Crippen LogP) is 3.05. The van der Waals surface area contributed by atoms with Gasteiger partial charge in [0.2, 0.25) is 0 Å². The van der Waals surface area contributed by atoms with Crippen LogP contribution in [0.15, 0.2) is 24.3 Å². The number of halogens is 2. The first-order chi connectivity index (χ1) is 9.01. The van der Waals surface area contributed by atoms with E-state index in [1.807, 2.05) is 20.0 Å². The molecular formula is C14H16ClFN2O. The maximum atomic E-state index is 13.4. The Morgan fingerprint density at radius 2 is 2.16 bits per heavy atom. The molecule has 19 heavy (non-hydrogen) atoms. The van der Waals surface area contributed by atoms with E-state index in [1.165, 1.54) is 12.1 Å². The van der Waals surface area contributed by atoms with Gasteiger partial charge in [0.15, 0.2) is 0 Å². The molecule has 0 amide bonds. The normalized spacial score (nSPS) is 12.7. The number of rotatable bonds is 4. The van der Waals surface area contributed by atoms with Gasteiger partial charge >= 0.3 is 0 Å². The first-order valence-corrected chi connectivity index (χ1v) is 6.54. The second-order valence-corrected chi connectivity index (χ2v) is 4.90. The van der Waals surface area contributed by atoms with Crippen molar-refractivity contribution >= 4 is 11.6 Å². The van der Waals surface area contributed by atoms with Crippen molar-refractivity contribution in [1.29, 1.82) is 0 Å². The van der Waals surface area contributed by atoms with Gasteiger partial charge in [-0.25, -0.2) is 4.39 Å². The monoisotopic (exact) mass is 282 g/mol. The van der Waals surface area contributed by atoms with Gasteiger partial charge in [-0.2, -0.15) is 5.10 Å². The number of aliphatic hydroxyl groups is 1. The lowest BCUT2D eigenvalue weighted by Gasteiger charge is -2.11. The van der Waals surface area contributed by atoms with Crippen molar-refractivity contribution in [1.82, 2.24) is 9.78 Å². The van der Waals surface area contributed by atoms with Crippen LogP contribution in [-0.4, -0.2) is 14.9 Å². The molecule has 3 nitrogen and oxygen atoms in total. The van der Waals surface area contributed by atoms with Gasteiger partial charge in [-0.05, 0) is 30.2 Å². The summed E-state index contributed by atoms with van der Waals surface area (Å²) >= 11 is 5.62. The van der Waals surface area contributed by atoms with E-state index in [0.717, 1.165) is 17.8 Å². The van der Waals surface area contributed by atoms with Gasteiger partial charge in [-0.1, -0.05) is 24.6 Å². The number of hydrogen-bond acceptors (Lipinski definition) is 2. The highest BCUT2D eigenvalue weighted by molar-refractivity contribution is 6.30. The number of benzene rings is 1. The van der Waals surface area contributed by atoms with Crippen LogP contribution >= 0.6 is 11.6 Å². The van der Waals surface area contributed by atoms with Gasteiger partial charge in [-0.15, -0.1) is 0 Å². The zero-order valence-electron chi connectivity index (χ0n) is 10.9. The summed E-state index contributed by atoms with van der Waals surface area (Å²) in [5.74, 6) is -0.516. The summed E-state index contributed by atoms with van der Waals surface area (Å²) < 4.78 is 15.1. The van der Waals surface area contributed by atoms with Gasteiger partial charge in [0, 0.05) is 19.2 Å². The molecule has 1 aromatic heterocycles.